The van der Waals surface area contributed by atoms with Crippen molar-refractivity contribution in [3.05, 3.63) is 23.8 Å². The molecule has 3 N–H and O–H groups in total. The van der Waals surface area contributed by atoms with Crippen LogP contribution in [0.3, 0.4) is 0 Å². The Labute approximate surface area is 139 Å². The summed E-state index contributed by atoms with van der Waals surface area (Å²) >= 11 is 0. The molecule has 1 rings (SSSR count). The molecular weight excluding hydrogens is 314 g/mol. The number of hydrogen-bond acceptors (Lipinski definition) is 4. The summed E-state index contributed by atoms with van der Waals surface area (Å²) in [6, 6.07) is 4.92. The van der Waals surface area contributed by atoms with Crippen LogP contribution in [0.25, 0.3) is 0 Å². The number of sulfonamides is 1. The molecule has 1 atom stereocenters. The molecule has 0 spiro atoms. The molecular formula is C16H27N3O3S. The standard InChI is InChI=1S/C16H27N3O3S/c1-5-6-7-10-17-16(20)13(3)18-14-9-8-12(2)15(11-14)19-23(4,21)22/h8-9,11,13,18-19H,5-7,10H2,1-4H3,(H,17,20). The number of aryl methyl sites for hydroxylation is 1. The number of carbonyl (C=O) groups excluding carboxylic acids is 1. The average Bonchev–Trinajstić information content (AvgIpc) is 2.45. The van der Waals surface area contributed by atoms with E-state index < -0.39 is 16.1 Å². The van der Waals surface area contributed by atoms with Gasteiger partial charge in [0.05, 0.1) is 11.9 Å². The van der Waals surface area contributed by atoms with E-state index in [-0.39, 0.29) is 5.91 Å². The molecule has 0 radical (unpaired) electrons. The van der Waals surface area contributed by atoms with Crippen LogP contribution >= 0.6 is 0 Å². The lowest BCUT2D eigenvalue weighted by Gasteiger charge is -2.17. The largest absolute Gasteiger partial charge is 0.374 e. The van der Waals surface area contributed by atoms with Crippen LogP contribution in [0.4, 0.5) is 11.4 Å². The van der Waals surface area contributed by atoms with Gasteiger partial charge in [0.25, 0.3) is 0 Å². The molecule has 0 aromatic heterocycles. The maximum Gasteiger partial charge on any atom is 0.242 e. The zero-order valence-electron chi connectivity index (χ0n) is 14.3. The summed E-state index contributed by atoms with van der Waals surface area (Å²) in [4.78, 5) is 12.0. The van der Waals surface area contributed by atoms with Gasteiger partial charge in [-0.15, -0.1) is 0 Å². The lowest BCUT2D eigenvalue weighted by atomic mass is 10.1. The lowest BCUT2D eigenvalue weighted by Crippen LogP contribution is -2.38. The number of hydrogen-bond donors (Lipinski definition) is 3. The van der Waals surface area contributed by atoms with E-state index >= 15 is 0 Å². The molecule has 1 aromatic rings. The smallest absolute Gasteiger partial charge is 0.242 e. The molecule has 0 aliphatic rings. The summed E-state index contributed by atoms with van der Waals surface area (Å²) in [5.41, 5.74) is 2.02. The topological polar surface area (TPSA) is 87.3 Å². The van der Waals surface area contributed by atoms with Gasteiger partial charge in [-0.25, -0.2) is 8.42 Å². The van der Waals surface area contributed by atoms with Gasteiger partial charge >= 0.3 is 0 Å². The quantitative estimate of drug-likeness (QED) is 0.602. The van der Waals surface area contributed by atoms with Gasteiger partial charge < -0.3 is 10.6 Å². The summed E-state index contributed by atoms with van der Waals surface area (Å²) in [5.74, 6) is -0.0701. The number of carbonyl (C=O) groups is 1. The molecule has 1 amide bonds. The SMILES string of the molecule is CCCCCNC(=O)C(C)Nc1ccc(C)c(NS(C)(=O)=O)c1. The highest BCUT2D eigenvalue weighted by Crippen LogP contribution is 2.21. The van der Waals surface area contributed by atoms with Crippen molar-refractivity contribution in [2.24, 2.45) is 0 Å². The minimum Gasteiger partial charge on any atom is -0.374 e. The highest BCUT2D eigenvalue weighted by Gasteiger charge is 2.13. The van der Waals surface area contributed by atoms with Crippen LogP contribution in [-0.2, 0) is 14.8 Å². The Hall–Kier alpha value is -1.76. The van der Waals surface area contributed by atoms with Gasteiger partial charge in [-0.2, -0.15) is 0 Å². The molecule has 6 nitrogen and oxygen atoms in total. The van der Waals surface area contributed by atoms with Crippen LogP contribution < -0.4 is 15.4 Å². The van der Waals surface area contributed by atoms with Crippen molar-refractivity contribution in [2.45, 2.75) is 46.1 Å². The average molecular weight is 341 g/mol. The zero-order chi connectivity index (χ0) is 17.5. The summed E-state index contributed by atoms with van der Waals surface area (Å²) in [6.45, 7) is 6.39. The van der Waals surface area contributed by atoms with E-state index in [1.54, 1.807) is 13.0 Å². The molecule has 0 fully saturated rings. The van der Waals surface area contributed by atoms with Crippen molar-refractivity contribution in [3.8, 4) is 0 Å². The van der Waals surface area contributed by atoms with Gasteiger partial charge in [-0.3, -0.25) is 9.52 Å². The van der Waals surface area contributed by atoms with E-state index in [4.69, 9.17) is 0 Å². The molecule has 0 heterocycles. The monoisotopic (exact) mass is 341 g/mol. The molecule has 130 valence electrons. The Morgan fingerprint density at radius 1 is 1.26 bits per heavy atom. The van der Waals surface area contributed by atoms with E-state index in [0.29, 0.717) is 17.9 Å². The maximum absolute atomic E-state index is 12.0. The van der Waals surface area contributed by atoms with E-state index in [0.717, 1.165) is 31.1 Å². The number of anilines is 2. The Kier molecular flexibility index (Phi) is 7.35. The van der Waals surface area contributed by atoms with E-state index in [2.05, 4.69) is 22.3 Å². The first-order valence-electron chi connectivity index (χ1n) is 7.85. The van der Waals surface area contributed by atoms with Crippen molar-refractivity contribution in [1.29, 1.82) is 0 Å². The number of unbranched alkanes of at least 4 members (excludes halogenated alkanes) is 2. The third-order valence-electron chi connectivity index (χ3n) is 3.39. The molecule has 23 heavy (non-hydrogen) atoms. The highest BCUT2D eigenvalue weighted by molar-refractivity contribution is 7.92. The minimum absolute atomic E-state index is 0.0701. The fourth-order valence-corrected chi connectivity index (χ4v) is 2.70. The van der Waals surface area contributed by atoms with Gasteiger partial charge in [0.1, 0.15) is 6.04 Å². The Morgan fingerprint density at radius 2 is 1.96 bits per heavy atom. The molecule has 0 aliphatic heterocycles. The van der Waals surface area contributed by atoms with Crippen LogP contribution in [-0.4, -0.2) is 33.2 Å². The fourth-order valence-electron chi connectivity index (χ4n) is 2.08. The normalized spacial score (nSPS) is 12.5. The lowest BCUT2D eigenvalue weighted by molar-refractivity contribution is -0.121. The minimum atomic E-state index is -3.34. The van der Waals surface area contributed by atoms with Gasteiger partial charge in [0.15, 0.2) is 0 Å². The third kappa shape index (κ3) is 7.36. The van der Waals surface area contributed by atoms with Crippen LogP contribution in [0.2, 0.25) is 0 Å². The van der Waals surface area contributed by atoms with Crippen LogP contribution in [0, 0.1) is 6.92 Å². The zero-order valence-corrected chi connectivity index (χ0v) is 15.1. The van der Waals surface area contributed by atoms with Crippen molar-refractivity contribution < 1.29 is 13.2 Å². The Morgan fingerprint density at radius 3 is 2.57 bits per heavy atom. The van der Waals surface area contributed by atoms with Gasteiger partial charge in [0.2, 0.25) is 15.9 Å². The fraction of sp³-hybridized carbons (Fsp3) is 0.562. The number of nitrogens with one attached hydrogen (secondary N) is 3. The summed E-state index contributed by atoms with van der Waals surface area (Å²) in [6.07, 6.45) is 4.30. The number of rotatable bonds is 9. The van der Waals surface area contributed by atoms with Crippen LogP contribution in [0.15, 0.2) is 18.2 Å². The number of benzene rings is 1. The first-order chi connectivity index (χ1) is 10.7. The second-order valence-electron chi connectivity index (χ2n) is 5.77. The molecule has 0 bridgehead atoms. The summed E-state index contributed by atoms with van der Waals surface area (Å²) < 4.78 is 25.2. The van der Waals surface area contributed by atoms with Crippen molar-refractivity contribution in [1.82, 2.24) is 5.32 Å². The molecule has 7 heteroatoms. The van der Waals surface area contributed by atoms with E-state index in [9.17, 15) is 13.2 Å². The predicted octanol–water partition coefficient (Wildman–Crippen LogP) is 2.47. The van der Waals surface area contributed by atoms with Gasteiger partial charge in [-0.1, -0.05) is 25.8 Å². The van der Waals surface area contributed by atoms with Gasteiger partial charge in [0, 0.05) is 12.2 Å². The van der Waals surface area contributed by atoms with Crippen molar-refractivity contribution in [3.63, 3.8) is 0 Å². The Bertz CT molecular complexity index is 629. The second-order valence-corrected chi connectivity index (χ2v) is 7.52. The molecule has 1 unspecified atom stereocenters. The third-order valence-corrected chi connectivity index (χ3v) is 3.98. The maximum atomic E-state index is 12.0. The second kappa shape index (κ2) is 8.76. The first-order valence-corrected chi connectivity index (χ1v) is 9.74. The molecule has 1 aromatic carbocycles. The molecule has 0 aliphatic carbocycles. The van der Waals surface area contributed by atoms with Crippen molar-refractivity contribution >= 4 is 27.3 Å². The van der Waals surface area contributed by atoms with E-state index in [1.807, 2.05) is 19.1 Å². The van der Waals surface area contributed by atoms with Gasteiger partial charge in [-0.05, 0) is 38.0 Å². The number of amides is 1. The van der Waals surface area contributed by atoms with E-state index in [1.165, 1.54) is 0 Å². The summed E-state index contributed by atoms with van der Waals surface area (Å²) in [5, 5.41) is 5.98. The molecule has 0 saturated heterocycles. The molecule has 0 saturated carbocycles. The predicted molar refractivity (Wildman–Crippen MR) is 95.3 cm³/mol. The summed E-state index contributed by atoms with van der Waals surface area (Å²) in [7, 11) is -3.34. The first kappa shape index (κ1) is 19.3. The highest BCUT2D eigenvalue weighted by atomic mass is 32.2. The van der Waals surface area contributed by atoms with Crippen LogP contribution in [0.5, 0.6) is 0 Å². The Balaban J connectivity index is 2.65. The van der Waals surface area contributed by atoms with Crippen LogP contribution in [0.1, 0.15) is 38.7 Å². The van der Waals surface area contributed by atoms with Crippen molar-refractivity contribution in [2.75, 3.05) is 22.8 Å².